The maximum absolute atomic E-state index is 12.8. The summed E-state index contributed by atoms with van der Waals surface area (Å²) in [7, 11) is 0. The minimum atomic E-state index is -0.272. The van der Waals surface area contributed by atoms with Crippen LogP contribution in [0.4, 0.5) is 4.39 Å². The summed E-state index contributed by atoms with van der Waals surface area (Å²) in [6, 6.07) is 4.81. The largest absolute Gasteiger partial charge is 0.388 e. The molecule has 3 N–H and O–H groups in total. The van der Waals surface area contributed by atoms with E-state index in [1.54, 1.807) is 12.1 Å². The summed E-state index contributed by atoms with van der Waals surface area (Å²) >= 11 is 3.09. The standard InChI is InChI=1S/C9H10BrFN2/c10-7-5-6(1-3-8(7)11)2-4-9(12)13/h1,3,5H,2,4H2,(H3,12,13). The third-order valence-electron chi connectivity index (χ3n) is 1.67. The second kappa shape index (κ2) is 4.37. The molecule has 0 aliphatic carbocycles. The molecule has 13 heavy (non-hydrogen) atoms. The molecule has 0 radical (unpaired) electrons. The van der Waals surface area contributed by atoms with Gasteiger partial charge in [0.15, 0.2) is 0 Å². The smallest absolute Gasteiger partial charge is 0.137 e. The van der Waals surface area contributed by atoms with Crippen LogP contribution in [-0.4, -0.2) is 5.84 Å². The maximum atomic E-state index is 12.8. The first-order chi connectivity index (χ1) is 6.09. The van der Waals surface area contributed by atoms with Crippen LogP contribution in [0.15, 0.2) is 22.7 Å². The summed E-state index contributed by atoms with van der Waals surface area (Å²) in [4.78, 5) is 0. The number of halogens is 2. The fourth-order valence-electron chi connectivity index (χ4n) is 0.974. The van der Waals surface area contributed by atoms with Crippen molar-refractivity contribution in [3.63, 3.8) is 0 Å². The molecule has 0 saturated heterocycles. The van der Waals surface area contributed by atoms with Crippen molar-refractivity contribution in [3.05, 3.63) is 34.1 Å². The number of amidine groups is 1. The third-order valence-corrected chi connectivity index (χ3v) is 2.27. The fraction of sp³-hybridized carbons (Fsp3) is 0.222. The van der Waals surface area contributed by atoms with E-state index in [1.807, 2.05) is 0 Å². The van der Waals surface area contributed by atoms with Crippen LogP contribution in [0.3, 0.4) is 0 Å². The van der Waals surface area contributed by atoms with Gasteiger partial charge in [-0.25, -0.2) is 4.39 Å². The Morgan fingerprint density at radius 2 is 2.23 bits per heavy atom. The molecule has 0 amide bonds. The van der Waals surface area contributed by atoms with E-state index in [0.29, 0.717) is 17.3 Å². The zero-order valence-corrected chi connectivity index (χ0v) is 8.57. The molecule has 1 rings (SSSR count). The van der Waals surface area contributed by atoms with Gasteiger partial charge in [0.2, 0.25) is 0 Å². The molecule has 1 aromatic carbocycles. The molecule has 0 fully saturated rings. The van der Waals surface area contributed by atoms with Crippen LogP contribution in [0.1, 0.15) is 12.0 Å². The molecule has 0 atom stereocenters. The molecule has 0 aromatic heterocycles. The minimum Gasteiger partial charge on any atom is -0.388 e. The molecule has 70 valence electrons. The van der Waals surface area contributed by atoms with Crippen molar-refractivity contribution < 1.29 is 4.39 Å². The Morgan fingerprint density at radius 3 is 2.77 bits per heavy atom. The van der Waals surface area contributed by atoms with Gasteiger partial charge in [0.25, 0.3) is 0 Å². The molecule has 0 aliphatic heterocycles. The van der Waals surface area contributed by atoms with E-state index < -0.39 is 0 Å². The van der Waals surface area contributed by atoms with Gasteiger partial charge in [-0.1, -0.05) is 6.07 Å². The lowest BCUT2D eigenvalue weighted by molar-refractivity contribution is 0.620. The highest BCUT2D eigenvalue weighted by Gasteiger charge is 2.00. The minimum absolute atomic E-state index is 0.153. The Balaban J connectivity index is 2.68. The van der Waals surface area contributed by atoms with E-state index in [1.165, 1.54) is 6.07 Å². The molecule has 1 aromatic rings. The summed E-state index contributed by atoms with van der Waals surface area (Å²) in [6.07, 6.45) is 1.19. The van der Waals surface area contributed by atoms with Crippen molar-refractivity contribution in [2.45, 2.75) is 12.8 Å². The second-order valence-corrected chi connectivity index (χ2v) is 3.63. The van der Waals surface area contributed by atoms with E-state index in [-0.39, 0.29) is 11.7 Å². The first-order valence-corrected chi connectivity index (χ1v) is 4.65. The van der Waals surface area contributed by atoms with E-state index in [2.05, 4.69) is 15.9 Å². The molecule has 0 heterocycles. The van der Waals surface area contributed by atoms with Crippen LogP contribution >= 0.6 is 15.9 Å². The number of aryl methyl sites for hydroxylation is 1. The first-order valence-electron chi connectivity index (χ1n) is 3.86. The highest BCUT2D eigenvalue weighted by atomic mass is 79.9. The van der Waals surface area contributed by atoms with Crippen molar-refractivity contribution >= 4 is 21.8 Å². The topological polar surface area (TPSA) is 49.9 Å². The highest BCUT2D eigenvalue weighted by Crippen LogP contribution is 2.17. The zero-order chi connectivity index (χ0) is 9.84. The van der Waals surface area contributed by atoms with Gasteiger partial charge < -0.3 is 5.73 Å². The molecular weight excluding hydrogens is 235 g/mol. The summed E-state index contributed by atoms with van der Waals surface area (Å²) in [6.45, 7) is 0. The molecule has 0 spiro atoms. The molecule has 0 bridgehead atoms. The summed E-state index contributed by atoms with van der Waals surface area (Å²) < 4.78 is 13.2. The highest BCUT2D eigenvalue weighted by molar-refractivity contribution is 9.10. The van der Waals surface area contributed by atoms with E-state index >= 15 is 0 Å². The number of hydrogen-bond donors (Lipinski definition) is 2. The Labute approximate surface area is 84.6 Å². The maximum Gasteiger partial charge on any atom is 0.137 e. The predicted octanol–water partition coefficient (Wildman–Crippen LogP) is 2.46. The van der Waals surface area contributed by atoms with Crippen molar-refractivity contribution in [2.75, 3.05) is 0 Å². The van der Waals surface area contributed by atoms with Gasteiger partial charge in [0.1, 0.15) is 5.82 Å². The summed E-state index contributed by atoms with van der Waals surface area (Å²) in [5.74, 6) is -0.118. The van der Waals surface area contributed by atoms with Crippen LogP contribution < -0.4 is 5.73 Å². The van der Waals surface area contributed by atoms with E-state index in [9.17, 15) is 4.39 Å². The molecule has 0 saturated carbocycles. The van der Waals surface area contributed by atoms with Crippen molar-refractivity contribution in [1.82, 2.24) is 0 Å². The average Bonchev–Trinajstić information content (AvgIpc) is 2.07. The van der Waals surface area contributed by atoms with Gasteiger partial charge in [-0.3, -0.25) is 5.41 Å². The lowest BCUT2D eigenvalue weighted by Crippen LogP contribution is -2.10. The van der Waals surface area contributed by atoms with E-state index in [4.69, 9.17) is 11.1 Å². The number of nitrogens with one attached hydrogen (secondary N) is 1. The summed E-state index contributed by atoms with van der Waals surface area (Å²) in [5, 5.41) is 7.03. The Bertz CT molecular complexity index is 325. The van der Waals surface area contributed by atoms with Gasteiger partial charge in [-0.05, 0) is 40.0 Å². The van der Waals surface area contributed by atoms with Crippen LogP contribution in [-0.2, 0) is 6.42 Å². The number of rotatable bonds is 3. The fourth-order valence-corrected chi connectivity index (χ4v) is 1.40. The van der Waals surface area contributed by atoms with Crippen LogP contribution in [0, 0.1) is 11.2 Å². The summed E-state index contributed by atoms with van der Waals surface area (Å²) in [5.41, 5.74) is 6.18. The normalized spacial score (nSPS) is 10.0. The lowest BCUT2D eigenvalue weighted by atomic mass is 10.1. The van der Waals surface area contributed by atoms with Gasteiger partial charge in [0.05, 0.1) is 10.3 Å². The van der Waals surface area contributed by atoms with Gasteiger partial charge in [0, 0.05) is 6.42 Å². The van der Waals surface area contributed by atoms with Crippen LogP contribution in [0.5, 0.6) is 0 Å². The number of hydrogen-bond acceptors (Lipinski definition) is 1. The third kappa shape index (κ3) is 3.14. The molecule has 0 aliphatic rings. The average molecular weight is 245 g/mol. The van der Waals surface area contributed by atoms with Crippen molar-refractivity contribution in [2.24, 2.45) is 5.73 Å². The quantitative estimate of drug-likeness (QED) is 0.623. The second-order valence-electron chi connectivity index (χ2n) is 2.77. The lowest BCUT2D eigenvalue weighted by Gasteiger charge is -2.01. The molecule has 2 nitrogen and oxygen atoms in total. The number of benzene rings is 1. The van der Waals surface area contributed by atoms with Gasteiger partial charge in [-0.2, -0.15) is 0 Å². The molecular formula is C9H10BrFN2. The van der Waals surface area contributed by atoms with Gasteiger partial charge >= 0.3 is 0 Å². The monoisotopic (exact) mass is 244 g/mol. The van der Waals surface area contributed by atoms with Crippen molar-refractivity contribution in [1.29, 1.82) is 5.41 Å². The number of nitrogens with two attached hydrogens (primary N) is 1. The Morgan fingerprint density at radius 1 is 1.54 bits per heavy atom. The predicted molar refractivity (Wildman–Crippen MR) is 54.3 cm³/mol. The van der Waals surface area contributed by atoms with E-state index in [0.717, 1.165) is 5.56 Å². The Kier molecular flexibility index (Phi) is 3.42. The molecule has 0 unspecified atom stereocenters. The van der Waals surface area contributed by atoms with Crippen LogP contribution in [0.25, 0.3) is 0 Å². The molecule has 4 heteroatoms. The first kappa shape index (κ1) is 10.2. The zero-order valence-electron chi connectivity index (χ0n) is 6.98. The SMILES string of the molecule is N=C(N)CCc1ccc(F)c(Br)c1. The van der Waals surface area contributed by atoms with Crippen molar-refractivity contribution in [3.8, 4) is 0 Å². The van der Waals surface area contributed by atoms with Crippen LogP contribution in [0.2, 0.25) is 0 Å². The Hall–Kier alpha value is -0.900. The van der Waals surface area contributed by atoms with Gasteiger partial charge in [-0.15, -0.1) is 0 Å².